The fraction of sp³-hybridized carbons (Fsp3) is 0.263. The van der Waals surface area contributed by atoms with E-state index in [9.17, 15) is 23.1 Å². The first-order valence-electron chi connectivity index (χ1n) is 8.86. The number of aromatic amines is 1. The molecule has 0 saturated carbocycles. The molecule has 1 amide bonds. The lowest BCUT2D eigenvalue weighted by Gasteiger charge is -2.23. The van der Waals surface area contributed by atoms with Crippen molar-refractivity contribution in [2.75, 3.05) is 0 Å². The molecular formula is C19H16F3N3O3S2. The van der Waals surface area contributed by atoms with Crippen molar-refractivity contribution in [3.05, 3.63) is 46.6 Å². The maximum atomic E-state index is 12.9. The van der Waals surface area contributed by atoms with Gasteiger partial charge >= 0.3 is 6.18 Å². The summed E-state index contributed by atoms with van der Waals surface area (Å²) in [5.41, 5.74) is -0.0594. The Labute approximate surface area is 177 Å². The Morgan fingerprint density at radius 3 is 2.77 bits per heavy atom. The number of furan rings is 1. The van der Waals surface area contributed by atoms with Crippen molar-refractivity contribution < 1.29 is 27.5 Å². The van der Waals surface area contributed by atoms with Gasteiger partial charge in [0.15, 0.2) is 16.5 Å². The first-order valence-corrected chi connectivity index (χ1v) is 10.5. The highest BCUT2D eigenvalue weighted by Crippen LogP contribution is 2.38. The lowest BCUT2D eigenvalue weighted by molar-refractivity contribution is -0.137. The predicted molar refractivity (Wildman–Crippen MR) is 108 cm³/mol. The number of aliphatic hydroxyl groups excluding tert-OH is 1. The van der Waals surface area contributed by atoms with Gasteiger partial charge in [-0.2, -0.15) is 13.2 Å². The molecule has 1 atom stereocenters. The fourth-order valence-electron chi connectivity index (χ4n) is 2.95. The van der Waals surface area contributed by atoms with Crippen LogP contribution in [-0.2, 0) is 6.18 Å². The number of aromatic nitrogens is 2. The van der Waals surface area contributed by atoms with Gasteiger partial charge < -0.3 is 19.4 Å². The number of fused-ring (bicyclic) bond motifs is 1. The number of imidazole rings is 1. The Bertz CT molecular complexity index is 1140. The average Bonchev–Trinajstić information content (AvgIpc) is 3.32. The number of halogens is 3. The number of hydrogen-bond donors (Lipinski definition) is 2. The van der Waals surface area contributed by atoms with Crippen molar-refractivity contribution in [1.29, 1.82) is 0 Å². The molecule has 2 aromatic heterocycles. The van der Waals surface area contributed by atoms with Gasteiger partial charge in [-0.15, -0.1) is 0 Å². The van der Waals surface area contributed by atoms with Gasteiger partial charge in [0.25, 0.3) is 5.24 Å². The molecule has 158 valence electrons. The molecule has 0 radical (unpaired) electrons. The van der Waals surface area contributed by atoms with E-state index in [0.717, 1.165) is 35.7 Å². The number of aliphatic hydroxyl groups is 1. The van der Waals surface area contributed by atoms with E-state index in [1.165, 1.54) is 11.0 Å². The van der Waals surface area contributed by atoms with E-state index in [2.05, 4.69) is 9.97 Å². The summed E-state index contributed by atoms with van der Waals surface area (Å²) < 4.78 is 44.3. The molecule has 2 N–H and O–H groups in total. The molecule has 6 nitrogen and oxygen atoms in total. The summed E-state index contributed by atoms with van der Waals surface area (Å²) in [6, 6.07) is 6.53. The molecule has 3 heterocycles. The third-order valence-electron chi connectivity index (χ3n) is 4.36. The number of hydrogen-bond acceptors (Lipinski definition) is 6. The minimum atomic E-state index is -4.43. The molecule has 3 aromatic rings. The van der Waals surface area contributed by atoms with Crippen LogP contribution in [0.4, 0.5) is 18.0 Å². The molecular weight excluding hydrogens is 439 g/mol. The van der Waals surface area contributed by atoms with E-state index in [4.69, 9.17) is 4.42 Å². The molecule has 1 aliphatic heterocycles. The highest BCUT2D eigenvalue weighted by molar-refractivity contribution is 8.17. The standard InChI is InChI=1S/C19H16F3N3O3S2/c1-9(2)25-16(26)14(29-18(25)27)8-11-4-6-15(28-11)30-17-23-12-5-3-10(19(20,21)22)7-13(12)24-17/h3-9,16,26H,1-2H3,(H,23,24)/b14-8-. The number of alkyl halides is 3. The van der Waals surface area contributed by atoms with E-state index in [1.54, 1.807) is 18.2 Å². The Balaban J connectivity index is 1.52. The van der Waals surface area contributed by atoms with Crippen LogP contribution >= 0.6 is 23.5 Å². The maximum absolute atomic E-state index is 12.9. The Hall–Kier alpha value is -2.37. The van der Waals surface area contributed by atoms with Crippen LogP contribution in [0.25, 0.3) is 17.1 Å². The van der Waals surface area contributed by atoms with E-state index in [0.29, 0.717) is 26.4 Å². The summed E-state index contributed by atoms with van der Waals surface area (Å²) in [4.78, 5) is 21.0. The smallest absolute Gasteiger partial charge is 0.416 e. The fourth-order valence-corrected chi connectivity index (χ4v) is 4.73. The normalized spacial score (nSPS) is 19.0. The molecule has 0 bridgehead atoms. The zero-order valence-corrected chi connectivity index (χ0v) is 17.4. The lowest BCUT2D eigenvalue weighted by Crippen LogP contribution is -2.37. The number of H-pyrrole nitrogens is 1. The van der Waals surface area contributed by atoms with Gasteiger partial charge in [0.1, 0.15) is 5.76 Å². The number of amides is 1. The quantitative estimate of drug-likeness (QED) is 0.536. The zero-order valence-electron chi connectivity index (χ0n) is 15.7. The number of carbonyl (C=O) groups excluding carboxylic acids is 1. The van der Waals surface area contributed by atoms with Crippen molar-refractivity contribution in [3.63, 3.8) is 0 Å². The van der Waals surface area contributed by atoms with Crippen molar-refractivity contribution in [2.45, 2.75) is 42.5 Å². The van der Waals surface area contributed by atoms with E-state index in [-0.39, 0.29) is 16.8 Å². The predicted octanol–water partition coefficient (Wildman–Crippen LogP) is 5.56. The number of benzene rings is 1. The molecule has 1 aromatic carbocycles. The number of nitrogens with zero attached hydrogens (tertiary/aromatic N) is 2. The molecule has 0 spiro atoms. The molecule has 1 unspecified atom stereocenters. The van der Waals surface area contributed by atoms with E-state index >= 15 is 0 Å². The summed E-state index contributed by atoms with van der Waals surface area (Å²) >= 11 is 2.07. The summed E-state index contributed by atoms with van der Waals surface area (Å²) in [6.07, 6.45) is -3.86. The van der Waals surface area contributed by atoms with Gasteiger partial charge in [0, 0.05) is 10.9 Å². The summed E-state index contributed by atoms with van der Waals surface area (Å²) in [5, 5.41) is 10.9. The second-order valence-corrected chi connectivity index (χ2v) is 8.84. The van der Waals surface area contributed by atoms with Crippen molar-refractivity contribution in [3.8, 4) is 0 Å². The summed E-state index contributed by atoms with van der Waals surface area (Å²) in [5.74, 6) is 0.438. The monoisotopic (exact) mass is 455 g/mol. The molecule has 1 fully saturated rings. The van der Waals surface area contributed by atoms with Gasteiger partial charge in [0.2, 0.25) is 0 Å². The second-order valence-electron chi connectivity index (χ2n) is 6.82. The summed E-state index contributed by atoms with van der Waals surface area (Å²) in [7, 11) is 0. The number of rotatable bonds is 4. The lowest BCUT2D eigenvalue weighted by atomic mass is 10.2. The number of nitrogens with one attached hydrogen (secondary N) is 1. The van der Waals surface area contributed by atoms with Crippen LogP contribution in [0.1, 0.15) is 25.2 Å². The third-order valence-corrected chi connectivity index (χ3v) is 6.12. The Morgan fingerprint density at radius 1 is 1.33 bits per heavy atom. The second kappa shape index (κ2) is 7.71. The molecule has 0 aliphatic carbocycles. The third kappa shape index (κ3) is 4.09. The minimum Gasteiger partial charge on any atom is -0.450 e. The van der Waals surface area contributed by atoms with Crippen LogP contribution in [0.3, 0.4) is 0 Å². The molecule has 11 heteroatoms. The molecule has 4 rings (SSSR count). The van der Waals surface area contributed by atoms with Crippen LogP contribution in [0.2, 0.25) is 0 Å². The number of thioether (sulfide) groups is 1. The van der Waals surface area contributed by atoms with Gasteiger partial charge in [-0.3, -0.25) is 4.79 Å². The molecule has 30 heavy (non-hydrogen) atoms. The van der Waals surface area contributed by atoms with Gasteiger partial charge in [0.05, 0.1) is 16.6 Å². The average molecular weight is 455 g/mol. The van der Waals surface area contributed by atoms with E-state index < -0.39 is 18.0 Å². The van der Waals surface area contributed by atoms with Crippen molar-refractivity contribution in [1.82, 2.24) is 14.9 Å². The first-order chi connectivity index (χ1) is 14.1. The van der Waals surface area contributed by atoms with Crippen LogP contribution < -0.4 is 0 Å². The Kier molecular flexibility index (Phi) is 5.37. The Morgan fingerprint density at radius 2 is 2.10 bits per heavy atom. The van der Waals surface area contributed by atoms with Crippen LogP contribution in [0.15, 0.2) is 49.9 Å². The topological polar surface area (TPSA) is 82.4 Å². The van der Waals surface area contributed by atoms with Crippen LogP contribution in [0, 0.1) is 0 Å². The largest absolute Gasteiger partial charge is 0.450 e. The van der Waals surface area contributed by atoms with Crippen LogP contribution in [-0.4, -0.2) is 37.5 Å². The molecule has 1 aliphatic rings. The number of carbonyl (C=O) groups is 1. The van der Waals surface area contributed by atoms with E-state index in [1.807, 2.05) is 13.8 Å². The van der Waals surface area contributed by atoms with Gasteiger partial charge in [-0.25, -0.2) is 4.98 Å². The highest BCUT2D eigenvalue weighted by atomic mass is 32.2. The first kappa shape index (κ1) is 20.9. The van der Waals surface area contributed by atoms with Crippen molar-refractivity contribution in [2.24, 2.45) is 0 Å². The van der Waals surface area contributed by atoms with Gasteiger partial charge in [-0.1, -0.05) is 0 Å². The SMILES string of the molecule is CC(C)N1C(=O)S/C(=C\c2ccc(Sc3nc4ccc(C(F)(F)F)cc4[nH]3)o2)C1O. The minimum absolute atomic E-state index is 0.139. The zero-order chi connectivity index (χ0) is 21.6. The van der Waals surface area contributed by atoms with Crippen molar-refractivity contribution >= 4 is 45.9 Å². The van der Waals surface area contributed by atoms with Crippen LogP contribution in [0.5, 0.6) is 0 Å². The van der Waals surface area contributed by atoms with Gasteiger partial charge in [-0.05, 0) is 73.8 Å². The highest BCUT2D eigenvalue weighted by Gasteiger charge is 2.36. The molecule has 1 saturated heterocycles. The summed E-state index contributed by atoms with van der Waals surface area (Å²) in [6.45, 7) is 3.63. The maximum Gasteiger partial charge on any atom is 0.416 e.